The Morgan fingerprint density at radius 3 is 2.67 bits per heavy atom. The first-order valence-corrected chi connectivity index (χ1v) is 7.90. The first-order valence-electron chi connectivity index (χ1n) is 5.69. The molecule has 2 rings (SSSR count). The summed E-state index contributed by atoms with van der Waals surface area (Å²) in [5.74, 6) is 0.577. The maximum Gasteiger partial charge on any atom is 0.0519 e. The molecule has 0 spiro atoms. The lowest BCUT2D eigenvalue weighted by Crippen LogP contribution is -2.15. The molecule has 4 heteroatoms. The molecule has 0 N–H and O–H groups in total. The molecular formula is C14H15BrClNS. The van der Waals surface area contributed by atoms with Crippen molar-refractivity contribution in [3.05, 3.63) is 50.1 Å². The molecule has 18 heavy (non-hydrogen) atoms. The van der Waals surface area contributed by atoms with Gasteiger partial charge in [0.15, 0.2) is 0 Å². The van der Waals surface area contributed by atoms with Gasteiger partial charge in [-0.3, -0.25) is 0 Å². The minimum Gasteiger partial charge on any atom is -0.369 e. The Labute approximate surface area is 126 Å². The Bertz CT molecular complexity index is 538. The van der Waals surface area contributed by atoms with E-state index < -0.39 is 0 Å². The third-order valence-corrected chi connectivity index (χ3v) is 4.90. The number of benzene rings is 1. The quantitative estimate of drug-likeness (QED) is 0.690. The van der Waals surface area contributed by atoms with Crippen LogP contribution >= 0.6 is 38.9 Å². The number of thiophene rings is 1. The summed E-state index contributed by atoms with van der Waals surface area (Å²) < 4.78 is 1.16. The van der Waals surface area contributed by atoms with Crippen molar-refractivity contribution in [1.29, 1.82) is 0 Å². The fourth-order valence-corrected chi connectivity index (χ4v) is 3.63. The van der Waals surface area contributed by atoms with Crippen LogP contribution in [-0.2, 0) is 12.4 Å². The molecule has 0 radical (unpaired) electrons. The maximum absolute atomic E-state index is 5.88. The standard InChI is InChI=1S/C14H15BrClNS/c1-10-5-13(4-3-11(10)7-16)17(2)8-14-6-12(15)9-18-14/h3-6,9H,7-8H2,1-2H3. The van der Waals surface area contributed by atoms with Crippen LogP contribution in [0.4, 0.5) is 5.69 Å². The molecule has 0 aliphatic heterocycles. The van der Waals surface area contributed by atoms with Gasteiger partial charge in [-0.2, -0.15) is 0 Å². The van der Waals surface area contributed by atoms with E-state index in [4.69, 9.17) is 11.6 Å². The van der Waals surface area contributed by atoms with Crippen molar-refractivity contribution in [2.24, 2.45) is 0 Å². The molecule has 0 unspecified atom stereocenters. The van der Waals surface area contributed by atoms with Gasteiger partial charge in [0, 0.05) is 33.3 Å². The van der Waals surface area contributed by atoms with Crippen LogP contribution in [0.25, 0.3) is 0 Å². The summed E-state index contributed by atoms with van der Waals surface area (Å²) in [6.07, 6.45) is 0. The van der Waals surface area contributed by atoms with Crippen LogP contribution in [0.2, 0.25) is 0 Å². The van der Waals surface area contributed by atoms with Crippen molar-refractivity contribution in [3.8, 4) is 0 Å². The molecule has 0 aliphatic carbocycles. The zero-order valence-electron chi connectivity index (χ0n) is 10.4. The highest BCUT2D eigenvalue weighted by Gasteiger charge is 2.06. The Kier molecular flexibility index (Phi) is 4.71. The second kappa shape index (κ2) is 6.09. The van der Waals surface area contributed by atoms with Gasteiger partial charge in [-0.25, -0.2) is 0 Å². The van der Waals surface area contributed by atoms with Crippen molar-refractivity contribution < 1.29 is 0 Å². The molecule has 0 fully saturated rings. The zero-order chi connectivity index (χ0) is 13.1. The highest BCUT2D eigenvalue weighted by Crippen LogP contribution is 2.24. The Morgan fingerprint density at radius 2 is 2.11 bits per heavy atom. The van der Waals surface area contributed by atoms with Crippen molar-refractivity contribution in [2.75, 3.05) is 11.9 Å². The zero-order valence-corrected chi connectivity index (χ0v) is 13.6. The summed E-state index contributed by atoms with van der Waals surface area (Å²) in [6.45, 7) is 3.03. The number of rotatable bonds is 4. The van der Waals surface area contributed by atoms with Crippen LogP contribution in [0.3, 0.4) is 0 Å². The summed E-state index contributed by atoms with van der Waals surface area (Å²) in [6, 6.07) is 8.60. The van der Waals surface area contributed by atoms with E-state index in [2.05, 4.69) is 64.4 Å². The van der Waals surface area contributed by atoms with Crippen molar-refractivity contribution in [1.82, 2.24) is 0 Å². The van der Waals surface area contributed by atoms with Crippen LogP contribution < -0.4 is 4.90 Å². The second-order valence-electron chi connectivity index (χ2n) is 4.33. The fourth-order valence-electron chi connectivity index (χ4n) is 1.83. The van der Waals surface area contributed by atoms with Crippen LogP contribution in [0, 0.1) is 6.92 Å². The number of halogens is 2. The van der Waals surface area contributed by atoms with Crippen LogP contribution in [0.5, 0.6) is 0 Å². The van der Waals surface area contributed by atoms with Gasteiger partial charge in [0.2, 0.25) is 0 Å². The van der Waals surface area contributed by atoms with Gasteiger partial charge >= 0.3 is 0 Å². The largest absolute Gasteiger partial charge is 0.369 e. The van der Waals surface area contributed by atoms with Gasteiger partial charge in [-0.15, -0.1) is 22.9 Å². The van der Waals surface area contributed by atoms with E-state index in [1.54, 1.807) is 11.3 Å². The number of aryl methyl sites for hydroxylation is 1. The molecule has 1 aromatic carbocycles. The lowest BCUT2D eigenvalue weighted by molar-refractivity contribution is 0.938. The summed E-state index contributed by atoms with van der Waals surface area (Å²) in [5, 5.41) is 2.12. The smallest absolute Gasteiger partial charge is 0.0519 e. The van der Waals surface area contributed by atoms with Gasteiger partial charge in [0.05, 0.1) is 6.54 Å². The first-order chi connectivity index (χ1) is 8.60. The van der Waals surface area contributed by atoms with Gasteiger partial charge in [-0.1, -0.05) is 6.07 Å². The molecule has 1 nitrogen and oxygen atoms in total. The minimum atomic E-state index is 0.577. The molecule has 0 aliphatic rings. The van der Waals surface area contributed by atoms with Gasteiger partial charge < -0.3 is 4.90 Å². The van der Waals surface area contributed by atoms with E-state index in [0.29, 0.717) is 5.88 Å². The molecule has 0 saturated carbocycles. The Hall–Kier alpha value is -0.510. The summed E-state index contributed by atoms with van der Waals surface area (Å²) >= 11 is 11.1. The number of hydrogen-bond acceptors (Lipinski definition) is 2. The highest BCUT2D eigenvalue weighted by atomic mass is 79.9. The second-order valence-corrected chi connectivity index (χ2v) is 6.51. The summed E-state index contributed by atoms with van der Waals surface area (Å²) in [7, 11) is 2.11. The topological polar surface area (TPSA) is 3.24 Å². The van der Waals surface area contributed by atoms with Gasteiger partial charge in [0.25, 0.3) is 0 Å². The molecule has 1 heterocycles. The Balaban J connectivity index is 2.13. The first kappa shape index (κ1) is 13.9. The molecule has 2 aromatic rings. The van der Waals surface area contributed by atoms with Crippen molar-refractivity contribution in [3.63, 3.8) is 0 Å². The predicted molar refractivity (Wildman–Crippen MR) is 84.9 cm³/mol. The lowest BCUT2D eigenvalue weighted by Gasteiger charge is -2.19. The van der Waals surface area contributed by atoms with E-state index in [1.807, 2.05) is 0 Å². The normalized spacial score (nSPS) is 10.7. The highest BCUT2D eigenvalue weighted by molar-refractivity contribution is 9.10. The van der Waals surface area contributed by atoms with E-state index in [-0.39, 0.29) is 0 Å². The van der Waals surface area contributed by atoms with E-state index in [1.165, 1.54) is 21.7 Å². The molecule has 0 atom stereocenters. The van der Waals surface area contributed by atoms with Crippen LogP contribution in [0.1, 0.15) is 16.0 Å². The molecule has 0 amide bonds. The monoisotopic (exact) mass is 343 g/mol. The lowest BCUT2D eigenvalue weighted by atomic mass is 10.1. The average molecular weight is 345 g/mol. The maximum atomic E-state index is 5.88. The van der Waals surface area contributed by atoms with Crippen molar-refractivity contribution in [2.45, 2.75) is 19.3 Å². The third kappa shape index (κ3) is 3.28. The molecule has 0 saturated heterocycles. The summed E-state index contributed by atoms with van der Waals surface area (Å²) in [4.78, 5) is 3.60. The number of hydrogen-bond donors (Lipinski definition) is 0. The summed E-state index contributed by atoms with van der Waals surface area (Å²) in [5.41, 5.74) is 3.68. The predicted octanol–water partition coefficient (Wildman–Crippen LogP) is 5.19. The van der Waals surface area contributed by atoms with Crippen LogP contribution in [0.15, 0.2) is 34.1 Å². The van der Waals surface area contributed by atoms with E-state index >= 15 is 0 Å². The Morgan fingerprint density at radius 1 is 1.33 bits per heavy atom. The number of anilines is 1. The molecule has 0 bridgehead atoms. The number of nitrogens with zero attached hydrogens (tertiary/aromatic N) is 1. The van der Waals surface area contributed by atoms with E-state index in [0.717, 1.165) is 11.0 Å². The average Bonchev–Trinajstić information content (AvgIpc) is 2.74. The molecular weight excluding hydrogens is 330 g/mol. The van der Waals surface area contributed by atoms with Crippen LogP contribution in [-0.4, -0.2) is 7.05 Å². The van der Waals surface area contributed by atoms with Gasteiger partial charge in [-0.05, 0) is 52.2 Å². The van der Waals surface area contributed by atoms with E-state index in [9.17, 15) is 0 Å². The molecule has 1 aromatic heterocycles. The molecule has 96 valence electrons. The minimum absolute atomic E-state index is 0.577. The van der Waals surface area contributed by atoms with Crippen molar-refractivity contribution >= 4 is 44.6 Å². The third-order valence-electron chi connectivity index (χ3n) is 2.93. The fraction of sp³-hybridized carbons (Fsp3) is 0.286. The van der Waals surface area contributed by atoms with Gasteiger partial charge in [0.1, 0.15) is 0 Å². The SMILES string of the molecule is Cc1cc(N(C)Cc2cc(Br)cs2)ccc1CCl. The number of alkyl halides is 1.